The molecule has 0 radical (unpaired) electrons. The molecule has 1 N–H and O–H groups in total. The molecule has 6 heteroatoms. The van der Waals surface area contributed by atoms with E-state index in [1.807, 2.05) is 12.1 Å². The van der Waals surface area contributed by atoms with Crippen LogP contribution in [0.4, 0.5) is 5.69 Å². The summed E-state index contributed by atoms with van der Waals surface area (Å²) in [6.07, 6.45) is 0. The molecule has 0 aliphatic carbocycles. The van der Waals surface area contributed by atoms with Crippen molar-refractivity contribution >= 4 is 11.6 Å². The van der Waals surface area contributed by atoms with Crippen LogP contribution in [0, 0.1) is 0 Å². The van der Waals surface area contributed by atoms with Crippen LogP contribution in [0.1, 0.15) is 18.5 Å². The zero-order chi connectivity index (χ0) is 21.5. The van der Waals surface area contributed by atoms with Crippen LogP contribution < -0.4 is 10.2 Å². The van der Waals surface area contributed by atoms with Gasteiger partial charge in [0, 0.05) is 51.0 Å². The Morgan fingerprint density at radius 2 is 1.52 bits per heavy atom. The molecule has 2 aromatic carbocycles. The summed E-state index contributed by atoms with van der Waals surface area (Å²) in [5, 5.41) is 3.29. The number of rotatable bonds is 7. The SMILES string of the molecule is C[C@@H](NC(=O)CN1CCN(c2ccccc2)CC1)[C@H](c1ccccc1)N1CCOCC1. The second-order valence-electron chi connectivity index (χ2n) is 8.46. The molecule has 166 valence electrons. The number of nitrogens with one attached hydrogen (secondary N) is 1. The lowest BCUT2D eigenvalue weighted by atomic mass is 9.98. The van der Waals surface area contributed by atoms with Gasteiger partial charge in [0.25, 0.3) is 0 Å². The molecule has 31 heavy (non-hydrogen) atoms. The van der Waals surface area contributed by atoms with E-state index in [-0.39, 0.29) is 18.0 Å². The van der Waals surface area contributed by atoms with Gasteiger partial charge >= 0.3 is 0 Å². The van der Waals surface area contributed by atoms with E-state index in [1.54, 1.807) is 0 Å². The number of benzene rings is 2. The minimum Gasteiger partial charge on any atom is -0.379 e. The summed E-state index contributed by atoms with van der Waals surface area (Å²) in [7, 11) is 0. The predicted octanol–water partition coefficient (Wildman–Crippen LogP) is 2.39. The van der Waals surface area contributed by atoms with Gasteiger partial charge in [-0.2, -0.15) is 0 Å². The molecule has 2 atom stereocenters. The molecule has 0 saturated carbocycles. The summed E-state index contributed by atoms with van der Waals surface area (Å²) in [4.78, 5) is 20.0. The van der Waals surface area contributed by atoms with Gasteiger partial charge in [-0.1, -0.05) is 48.5 Å². The maximum Gasteiger partial charge on any atom is 0.234 e. The van der Waals surface area contributed by atoms with Crippen molar-refractivity contribution in [1.29, 1.82) is 0 Å². The molecule has 1 amide bonds. The van der Waals surface area contributed by atoms with Gasteiger partial charge in [-0.05, 0) is 24.6 Å². The molecule has 2 aliphatic rings. The molecule has 4 rings (SSSR count). The molecule has 0 spiro atoms. The Labute approximate surface area is 185 Å². The number of carbonyl (C=O) groups is 1. The Bertz CT molecular complexity index is 803. The third kappa shape index (κ3) is 5.85. The van der Waals surface area contributed by atoms with Gasteiger partial charge in [0.1, 0.15) is 0 Å². The average Bonchev–Trinajstić information content (AvgIpc) is 2.82. The van der Waals surface area contributed by atoms with Crippen LogP contribution >= 0.6 is 0 Å². The molecule has 2 aliphatic heterocycles. The summed E-state index contributed by atoms with van der Waals surface area (Å²) in [6, 6.07) is 21.2. The highest BCUT2D eigenvalue weighted by atomic mass is 16.5. The normalized spacial score (nSPS) is 20.2. The van der Waals surface area contributed by atoms with Crippen molar-refractivity contribution in [3.05, 3.63) is 66.2 Å². The van der Waals surface area contributed by atoms with E-state index in [4.69, 9.17) is 4.74 Å². The van der Waals surface area contributed by atoms with Gasteiger partial charge in [0.15, 0.2) is 0 Å². The Hall–Kier alpha value is -2.41. The van der Waals surface area contributed by atoms with Crippen LogP contribution in [0.3, 0.4) is 0 Å². The minimum absolute atomic E-state index is 0.0265. The van der Waals surface area contributed by atoms with Gasteiger partial charge in [-0.25, -0.2) is 0 Å². The second-order valence-corrected chi connectivity index (χ2v) is 8.46. The maximum absolute atomic E-state index is 12.9. The quantitative estimate of drug-likeness (QED) is 0.743. The summed E-state index contributed by atoms with van der Waals surface area (Å²) in [5.74, 6) is 0.106. The standard InChI is InChI=1S/C25H34N4O2/c1-21(25(22-8-4-2-5-9-22)29-16-18-31-19-17-29)26-24(30)20-27-12-14-28(15-13-27)23-10-6-3-7-11-23/h2-11,21,25H,12-20H2,1H3,(H,26,30)/t21-,25-/m1/s1. The lowest BCUT2D eigenvalue weighted by Gasteiger charge is -2.39. The summed E-state index contributed by atoms with van der Waals surface area (Å²) >= 11 is 0. The van der Waals surface area contributed by atoms with Crippen LogP contribution in [0.5, 0.6) is 0 Å². The number of nitrogens with zero attached hydrogens (tertiary/aromatic N) is 3. The van der Waals surface area contributed by atoms with Crippen LogP contribution in [0.2, 0.25) is 0 Å². The van der Waals surface area contributed by atoms with E-state index >= 15 is 0 Å². The Morgan fingerprint density at radius 3 is 2.16 bits per heavy atom. The van der Waals surface area contributed by atoms with E-state index in [0.29, 0.717) is 6.54 Å². The van der Waals surface area contributed by atoms with Gasteiger partial charge in [-0.15, -0.1) is 0 Å². The van der Waals surface area contributed by atoms with Crippen LogP contribution in [0.15, 0.2) is 60.7 Å². The van der Waals surface area contributed by atoms with Crippen LogP contribution in [0.25, 0.3) is 0 Å². The molecule has 6 nitrogen and oxygen atoms in total. The summed E-state index contributed by atoms with van der Waals surface area (Å²) in [6.45, 7) is 9.56. The molecule has 0 bridgehead atoms. The highest BCUT2D eigenvalue weighted by Crippen LogP contribution is 2.25. The molecular weight excluding hydrogens is 388 g/mol. The number of anilines is 1. The smallest absolute Gasteiger partial charge is 0.234 e. The molecule has 2 fully saturated rings. The predicted molar refractivity (Wildman–Crippen MR) is 124 cm³/mol. The van der Waals surface area contributed by atoms with Crippen molar-refractivity contribution < 1.29 is 9.53 Å². The molecule has 2 aromatic rings. The van der Waals surface area contributed by atoms with Crippen molar-refractivity contribution in [1.82, 2.24) is 15.1 Å². The largest absolute Gasteiger partial charge is 0.379 e. The zero-order valence-electron chi connectivity index (χ0n) is 18.5. The molecule has 2 saturated heterocycles. The first kappa shape index (κ1) is 21.8. The Balaban J connectivity index is 1.31. The van der Waals surface area contributed by atoms with Crippen molar-refractivity contribution in [2.75, 3.05) is 63.9 Å². The van der Waals surface area contributed by atoms with Crippen molar-refractivity contribution in [3.63, 3.8) is 0 Å². The number of carbonyl (C=O) groups excluding carboxylic acids is 1. The number of amides is 1. The highest BCUT2D eigenvalue weighted by molar-refractivity contribution is 5.78. The third-order valence-corrected chi connectivity index (χ3v) is 6.30. The van der Waals surface area contributed by atoms with Crippen LogP contribution in [-0.4, -0.2) is 80.8 Å². The fraction of sp³-hybridized carbons (Fsp3) is 0.480. The van der Waals surface area contributed by atoms with Crippen molar-refractivity contribution in [2.24, 2.45) is 0 Å². The van der Waals surface area contributed by atoms with Gasteiger partial charge in [-0.3, -0.25) is 14.6 Å². The van der Waals surface area contributed by atoms with Crippen molar-refractivity contribution in [3.8, 4) is 0 Å². The first-order chi connectivity index (χ1) is 15.2. The van der Waals surface area contributed by atoms with Gasteiger partial charge in [0.05, 0.1) is 25.8 Å². The number of para-hydroxylation sites is 1. The lowest BCUT2D eigenvalue weighted by Crippen LogP contribution is -2.52. The number of ether oxygens (including phenoxy) is 1. The molecular formula is C25H34N4O2. The van der Waals surface area contributed by atoms with E-state index in [9.17, 15) is 4.79 Å². The molecule has 0 unspecified atom stereocenters. The van der Waals surface area contributed by atoms with E-state index < -0.39 is 0 Å². The second kappa shape index (κ2) is 10.8. The maximum atomic E-state index is 12.9. The molecule has 2 heterocycles. The zero-order valence-corrected chi connectivity index (χ0v) is 18.5. The fourth-order valence-electron chi connectivity index (χ4n) is 4.71. The van der Waals surface area contributed by atoms with E-state index in [0.717, 1.165) is 52.5 Å². The monoisotopic (exact) mass is 422 g/mol. The Kier molecular flexibility index (Phi) is 7.57. The lowest BCUT2D eigenvalue weighted by molar-refractivity contribution is -0.123. The van der Waals surface area contributed by atoms with Gasteiger partial charge in [0.2, 0.25) is 5.91 Å². The Morgan fingerprint density at radius 1 is 0.903 bits per heavy atom. The van der Waals surface area contributed by atoms with Crippen molar-refractivity contribution in [2.45, 2.75) is 19.0 Å². The fourth-order valence-corrected chi connectivity index (χ4v) is 4.71. The number of hydrogen-bond donors (Lipinski definition) is 1. The van der Waals surface area contributed by atoms with Gasteiger partial charge < -0.3 is 15.0 Å². The average molecular weight is 423 g/mol. The number of morpholine rings is 1. The summed E-state index contributed by atoms with van der Waals surface area (Å²) in [5.41, 5.74) is 2.50. The first-order valence-electron chi connectivity index (χ1n) is 11.4. The molecule has 0 aromatic heterocycles. The number of hydrogen-bond acceptors (Lipinski definition) is 5. The third-order valence-electron chi connectivity index (χ3n) is 6.30. The van der Waals surface area contributed by atoms with Crippen LogP contribution in [-0.2, 0) is 9.53 Å². The number of piperazine rings is 1. The first-order valence-corrected chi connectivity index (χ1v) is 11.4. The summed E-state index contributed by atoms with van der Waals surface area (Å²) < 4.78 is 5.55. The van der Waals surface area contributed by atoms with E-state index in [1.165, 1.54) is 11.3 Å². The van der Waals surface area contributed by atoms with E-state index in [2.05, 4.69) is 75.5 Å². The minimum atomic E-state index is 0.0265. The highest BCUT2D eigenvalue weighted by Gasteiger charge is 2.29. The topological polar surface area (TPSA) is 48.1 Å².